The van der Waals surface area contributed by atoms with E-state index in [2.05, 4.69) is 10.2 Å². The molecule has 0 spiro atoms. The summed E-state index contributed by atoms with van der Waals surface area (Å²) in [6, 6.07) is 7.88. The Morgan fingerprint density at radius 3 is 2.30 bits per heavy atom. The second kappa shape index (κ2) is 7.65. The molecule has 0 aromatic heterocycles. The summed E-state index contributed by atoms with van der Waals surface area (Å²) in [7, 11) is 0. The minimum Gasteiger partial charge on any atom is -0.481 e. The van der Waals surface area contributed by atoms with Crippen LogP contribution in [0.2, 0.25) is 0 Å². The van der Waals surface area contributed by atoms with Gasteiger partial charge in [0.15, 0.2) is 0 Å². The summed E-state index contributed by atoms with van der Waals surface area (Å²) in [5, 5.41) is 11.5. The third kappa shape index (κ3) is 5.84. The lowest BCUT2D eigenvalue weighted by molar-refractivity contribution is -0.137. The van der Waals surface area contributed by atoms with Crippen molar-refractivity contribution < 1.29 is 14.7 Å². The molecule has 20 heavy (non-hydrogen) atoms. The second-order valence-corrected chi connectivity index (χ2v) is 5.09. The van der Waals surface area contributed by atoms with Crippen LogP contribution in [0, 0.1) is 0 Å². The van der Waals surface area contributed by atoms with Crippen LogP contribution >= 0.6 is 0 Å². The Bertz CT molecular complexity index is 455. The lowest BCUT2D eigenvalue weighted by Gasteiger charge is -2.25. The first-order valence-electron chi connectivity index (χ1n) is 6.71. The van der Waals surface area contributed by atoms with Crippen molar-refractivity contribution in [2.45, 2.75) is 39.8 Å². The molecule has 5 nitrogen and oxygen atoms in total. The fraction of sp³-hybridized carbons (Fsp3) is 0.467. The summed E-state index contributed by atoms with van der Waals surface area (Å²) < 4.78 is 0. The van der Waals surface area contributed by atoms with E-state index in [1.54, 1.807) is 0 Å². The maximum absolute atomic E-state index is 10.9. The first-order valence-corrected chi connectivity index (χ1v) is 6.71. The number of hydrogen-bond donors (Lipinski definition) is 2. The number of carboxylic acids is 1. The average Bonchev–Trinajstić information content (AvgIpc) is 2.35. The molecular weight excluding hydrogens is 256 g/mol. The number of anilines is 1. The zero-order chi connectivity index (χ0) is 15.1. The quantitative estimate of drug-likeness (QED) is 0.803. The van der Waals surface area contributed by atoms with Crippen molar-refractivity contribution in [1.82, 2.24) is 4.90 Å². The fourth-order valence-corrected chi connectivity index (χ4v) is 1.89. The predicted molar refractivity (Wildman–Crippen MR) is 78.5 cm³/mol. The lowest BCUT2D eigenvalue weighted by Crippen LogP contribution is -2.32. The number of nitrogens with one attached hydrogen (secondary N) is 1. The van der Waals surface area contributed by atoms with Gasteiger partial charge in [0, 0.05) is 31.7 Å². The number of rotatable bonds is 7. The first kappa shape index (κ1) is 16.2. The standard InChI is InChI=1S/C15H22N2O3/c1-11(2)17(9-8-15(19)20)10-13-4-6-14(7-5-13)16-12(3)18/h4-7,11H,8-10H2,1-3H3,(H,16,18)(H,19,20). The maximum atomic E-state index is 10.9. The predicted octanol–water partition coefficient (Wildman–Crippen LogP) is 2.33. The van der Waals surface area contributed by atoms with Crippen LogP contribution in [0.15, 0.2) is 24.3 Å². The van der Waals surface area contributed by atoms with Gasteiger partial charge in [-0.1, -0.05) is 12.1 Å². The molecular formula is C15H22N2O3. The van der Waals surface area contributed by atoms with Gasteiger partial charge < -0.3 is 10.4 Å². The molecule has 0 atom stereocenters. The largest absolute Gasteiger partial charge is 0.481 e. The van der Waals surface area contributed by atoms with Crippen LogP contribution < -0.4 is 5.32 Å². The van der Waals surface area contributed by atoms with Crippen molar-refractivity contribution in [3.8, 4) is 0 Å². The number of carbonyl (C=O) groups excluding carboxylic acids is 1. The van der Waals surface area contributed by atoms with Gasteiger partial charge in [-0.3, -0.25) is 14.5 Å². The lowest BCUT2D eigenvalue weighted by atomic mass is 10.1. The van der Waals surface area contributed by atoms with Crippen LogP contribution in [0.1, 0.15) is 32.8 Å². The summed E-state index contributed by atoms with van der Waals surface area (Å²) in [5.74, 6) is -0.875. The van der Waals surface area contributed by atoms with E-state index in [1.165, 1.54) is 6.92 Å². The molecule has 1 amide bonds. The Morgan fingerprint density at radius 1 is 1.25 bits per heavy atom. The molecule has 1 rings (SSSR count). The molecule has 2 N–H and O–H groups in total. The van der Waals surface area contributed by atoms with Crippen LogP contribution in [0.4, 0.5) is 5.69 Å². The van der Waals surface area contributed by atoms with Crippen molar-refractivity contribution in [1.29, 1.82) is 0 Å². The van der Waals surface area contributed by atoms with Crippen LogP contribution in [-0.2, 0) is 16.1 Å². The molecule has 0 aliphatic carbocycles. The summed E-state index contributed by atoms with van der Waals surface area (Å²) in [5.41, 5.74) is 1.86. The van der Waals surface area contributed by atoms with Crippen LogP contribution in [0.5, 0.6) is 0 Å². The number of carboxylic acid groups (broad SMARTS) is 1. The highest BCUT2D eigenvalue weighted by Crippen LogP contribution is 2.13. The number of hydrogen-bond acceptors (Lipinski definition) is 3. The van der Waals surface area contributed by atoms with Gasteiger partial charge >= 0.3 is 5.97 Å². The van der Waals surface area contributed by atoms with Gasteiger partial charge in [0.05, 0.1) is 6.42 Å². The van der Waals surface area contributed by atoms with Crippen LogP contribution in [-0.4, -0.2) is 34.5 Å². The molecule has 1 aromatic carbocycles. The van der Waals surface area contributed by atoms with Gasteiger partial charge in [-0.15, -0.1) is 0 Å². The van der Waals surface area contributed by atoms with Gasteiger partial charge in [0.2, 0.25) is 5.91 Å². The molecule has 0 heterocycles. The minimum atomic E-state index is -0.781. The summed E-state index contributed by atoms with van der Waals surface area (Å²) >= 11 is 0. The SMILES string of the molecule is CC(=O)Nc1ccc(CN(CCC(=O)O)C(C)C)cc1. The highest BCUT2D eigenvalue weighted by molar-refractivity contribution is 5.88. The maximum Gasteiger partial charge on any atom is 0.304 e. The van der Waals surface area contributed by atoms with E-state index >= 15 is 0 Å². The van der Waals surface area contributed by atoms with Gasteiger partial charge in [0.1, 0.15) is 0 Å². The van der Waals surface area contributed by atoms with Crippen molar-refractivity contribution >= 4 is 17.6 Å². The molecule has 0 bridgehead atoms. The van der Waals surface area contributed by atoms with Crippen LogP contribution in [0.25, 0.3) is 0 Å². The van der Waals surface area contributed by atoms with Crippen LogP contribution in [0.3, 0.4) is 0 Å². The van der Waals surface area contributed by atoms with E-state index in [0.717, 1.165) is 11.3 Å². The van der Waals surface area contributed by atoms with E-state index in [1.807, 2.05) is 38.1 Å². The monoisotopic (exact) mass is 278 g/mol. The van der Waals surface area contributed by atoms with Crippen molar-refractivity contribution in [3.05, 3.63) is 29.8 Å². The highest BCUT2D eigenvalue weighted by Gasteiger charge is 2.11. The highest BCUT2D eigenvalue weighted by atomic mass is 16.4. The third-order valence-electron chi connectivity index (χ3n) is 3.00. The Morgan fingerprint density at radius 2 is 1.85 bits per heavy atom. The Labute approximate surface area is 119 Å². The number of aliphatic carboxylic acids is 1. The minimum absolute atomic E-state index is 0.0944. The molecule has 0 saturated heterocycles. The molecule has 0 fully saturated rings. The molecule has 0 aliphatic heterocycles. The van der Waals surface area contributed by atoms with E-state index < -0.39 is 5.97 Å². The average molecular weight is 278 g/mol. The zero-order valence-corrected chi connectivity index (χ0v) is 12.2. The summed E-state index contributed by atoms with van der Waals surface area (Å²) in [6.45, 7) is 6.80. The van der Waals surface area contributed by atoms with Crippen molar-refractivity contribution in [2.24, 2.45) is 0 Å². The molecule has 5 heteroatoms. The Hall–Kier alpha value is -1.88. The molecule has 110 valence electrons. The molecule has 0 radical (unpaired) electrons. The third-order valence-corrected chi connectivity index (χ3v) is 3.00. The van der Waals surface area contributed by atoms with Gasteiger partial charge in [0.25, 0.3) is 0 Å². The number of amides is 1. The topological polar surface area (TPSA) is 69.6 Å². The molecule has 0 saturated carbocycles. The zero-order valence-electron chi connectivity index (χ0n) is 12.2. The number of nitrogens with zero attached hydrogens (tertiary/aromatic N) is 1. The van der Waals surface area contributed by atoms with E-state index in [9.17, 15) is 9.59 Å². The van der Waals surface area contributed by atoms with Gasteiger partial charge in [-0.2, -0.15) is 0 Å². The van der Waals surface area contributed by atoms with E-state index in [0.29, 0.717) is 13.1 Å². The van der Waals surface area contributed by atoms with Gasteiger partial charge in [-0.05, 0) is 31.5 Å². The normalized spacial score (nSPS) is 10.8. The Kier molecular flexibility index (Phi) is 6.18. The second-order valence-electron chi connectivity index (χ2n) is 5.09. The fourth-order valence-electron chi connectivity index (χ4n) is 1.89. The van der Waals surface area contributed by atoms with Crippen molar-refractivity contribution in [2.75, 3.05) is 11.9 Å². The number of benzene rings is 1. The summed E-state index contributed by atoms with van der Waals surface area (Å²) in [4.78, 5) is 23.7. The molecule has 0 aliphatic rings. The Balaban J connectivity index is 2.63. The van der Waals surface area contributed by atoms with E-state index in [4.69, 9.17) is 5.11 Å². The molecule has 1 aromatic rings. The van der Waals surface area contributed by atoms with E-state index in [-0.39, 0.29) is 18.4 Å². The molecule has 0 unspecified atom stereocenters. The van der Waals surface area contributed by atoms with Crippen molar-refractivity contribution in [3.63, 3.8) is 0 Å². The smallest absolute Gasteiger partial charge is 0.304 e. The van der Waals surface area contributed by atoms with Gasteiger partial charge in [-0.25, -0.2) is 0 Å². The number of carbonyl (C=O) groups is 2. The first-order chi connectivity index (χ1) is 9.38. The summed E-state index contributed by atoms with van der Waals surface area (Å²) in [6.07, 6.45) is 0.141.